The Kier molecular flexibility index (Phi) is 5.72. The molecule has 0 bridgehead atoms. The molecule has 0 spiro atoms. The topological polar surface area (TPSA) is 65.4 Å². The van der Waals surface area contributed by atoms with Gasteiger partial charge in [0.2, 0.25) is 0 Å². The molecule has 4 nitrogen and oxygen atoms in total. The Labute approximate surface area is 113 Å². The van der Waals surface area contributed by atoms with Crippen molar-refractivity contribution in [3.05, 3.63) is 16.1 Å². The molecule has 1 rings (SSSR count). The highest BCUT2D eigenvalue weighted by molar-refractivity contribution is 7.11. The smallest absolute Gasteiger partial charge is 0.0897 e. The molecule has 0 unspecified atom stereocenters. The fourth-order valence-corrected chi connectivity index (χ4v) is 2.32. The predicted octanol–water partition coefficient (Wildman–Crippen LogP) is 1.70. The summed E-state index contributed by atoms with van der Waals surface area (Å²) in [6.07, 6.45) is 1.98. The number of nitrogens with zero attached hydrogens (tertiary/aromatic N) is 1. The number of hydrogen-bond donors (Lipinski definition) is 3. The third-order valence-electron chi connectivity index (χ3n) is 2.96. The second-order valence-electron chi connectivity index (χ2n) is 5.72. The average molecular weight is 272 g/mol. The molecular formula is C13H24N2O2S. The number of rotatable bonds is 6. The summed E-state index contributed by atoms with van der Waals surface area (Å²) < 4.78 is 0. The Morgan fingerprint density at radius 2 is 2.11 bits per heavy atom. The minimum absolute atomic E-state index is 0.0327. The number of hydrogen-bond acceptors (Lipinski definition) is 5. The molecule has 0 aliphatic heterocycles. The molecular weight excluding hydrogens is 248 g/mol. The lowest BCUT2D eigenvalue weighted by molar-refractivity contribution is 0.0389. The summed E-state index contributed by atoms with van der Waals surface area (Å²) in [5.74, 6) is 0. The van der Waals surface area contributed by atoms with Crippen LogP contribution in [-0.4, -0.2) is 33.9 Å². The lowest BCUT2D eigenvalue weighted by atomic mass is 9.85. The van der Waals surface area contributed by atoms with Crippen LogP contribution in [0.2, 0.25) is 0 Å². The molecule has 0 saturated heterocycles. The van der Waals surface area contributed by atoms with Gasteiger partial charge in [-0.3, -0.25) is 0 Å². The van der Waals surface area contributed by atoms with Crippen LogP contribution >= 0.6 is 11.3 Å². The Balaban J connectivity index is 2.42. The van der Waals surface area contributed by atoms with Gasteiger partial charge in [0.25, 0.3) is 0 Å². The third-order valence-corrected chi connectivity index (χ3v) is 3.87. The van der Waals surface area contributed by atoms with Crippen molar-refractivity contribution in [3.8, 4) is 0 Å². The SMILES string of the molecule is Cc1ncc(CN[C@@H](CO)C[C@@H](O)C(C)(C)C)s1. The molecule has 0 fully saturated rings. The van der Waals surface area contributed by atoms with Crippen molar-refractivity contribution >= 4 is 11.3 Å². The van der Waals surface area contributed by atoms with E-state index in [1.54, 1.807) is 11.3 Å². The molecule has 18 heavy (non-hydrogen) atoms. The van der Waals surface area contributed by atoms with E-state index in [-0.39, 0.29) is 18.1 Å². The summed E-state index contributed by atoms with van der Waals surface area (Å²) in [4.78, 5) is 5.34. The van der Waals surface area contributed by atoms with E-state index in [1.807, 2.05) is 33.9 Å². The zero-order valence-corrected chi connectivity index (χ0v) is 12.4. The third kappa shape index (κ3) is 5.02. The largest absolute Gasteiger partial charge is 0.395 e. The Bertz CT molecular complexity index is 360. The van der Waals surface area contributed by atoms with E-state index in [2.05, 4.69) is 10.3 Å². The van der Waals surface area contributed by atoms with E-state index in [0.29, 0.717) is 13.0 Å². The standard InChI is InChI=1S/C13H24N2O2S/c1-9-14-6-11(18-9)7-15-10(8-16)5-12(17)13(2,3)4/h6,10,12,15-17H,5,7-8H2,1-4H3/t10-,12-/m1/s1. The van der Waals surface area contributed by atoms with Gasteiger partial charge in [-0.2, -0.15) is 0 Å². The van der Waals surface area contributed by atoms with Crippen molar-refractivity contribution in [1.82, 2.24) is 10.3 Å². The molecule has 0 radical (unpaired) electrons. The van der Waals surface area contributed by atoms with Gasteiger partial charge < -0.3 is 15.5 Å². The van der Waals surface area contributed by atoms with Crippen LogP contribution in [-0.2, 0) is 6.54 Å². The van der Waals surface area contributed by atoms with Crippen LogP contribution in [0.15, 0.2) is 6.20 Å². The second-order valence-corrected chi connectivity index (χ2v) is 7.04. The van der Waals surface area contributed by atoms with Crippen LogP contribution in [0, 0.1) is 12.3 Å². The number of aryl methyl sites for hydroxylation is 1. The molecule has 0 aliphatic carbocycles. The summed E-state index contributed by atoms with van der Waals surface area (Å²) >= 11 is 1.65. The van der Waals surface area contributed by atoms with Crippen LogP contribution in [0.1, 0.15) is 37.1 Å². The zero-order chi connectivity index (χ0) is 13.8. The van der Waals surface area contributed by atoms with Crippen molar-refractivity contribution in [2.24, 2.45) is 5.41 Å². The first-order valence-electron chi connectivity index (χ1n) is 6.26. The van der Waals surface area contributed by atoms with Gasteiger partial charge in [-0.1, -0.05) is 20.8 Å². The summed E-state index contributed by atoms with van der Waals surface area (Å²) in [6.45, 7) is 8.69. The van der Waals surface area contributed by atoms with E-state index < -0.39 is 6.10 Å². The van der Waals surface area contributed by atoms with Gasteiger partial charge >= 0.3 is 0 Å². The van der Waals surface area contributed by atoms with Crippen molar-refractivity contribution in [2.75, 3.05) is 6.61 Å². The van der Waals surface area contributed by atoms with E-state index in [4.69, 9.17) is 0 Å². The van der Waals surface area contributed by atoms with Gasteiger partial charge in [0.15, 0.2) is 0 Å². The van der Waals surface area contributed by atoms with E-state index in [0.717, 1.165) is 9.88 Å². The summed E-state index contributed by atoms with van der Waals surface area (Å²) in [6, 6.07) is -0.0818. The molecule has 1 aromatic heterocycles. The molecule has 0 aromatic carbocycles. The Hall–Kier alpha value is -0.490. The molecule has 0 amide bonds. The Morgan fingerprint density at radius 3 is 2.56 bits per heavy atom. The number of aliphatic hydroxyl groups is 2. The lowest BCUT2D eigenvalue weighted by Gasteiger charge is -2.29. The van der Waals surface area contributed by atoms with Gasteiger partial charge in [-0.05, 0) is 18.8 Å². The predicted molar refractivity (Wildman–Crippen MR) is 74.6 cm³/mol. The number of nitrogens with one attached hydrogen (secondary N) is 1. The molecule has 1 aromatic rings. The molecule has 1 heterocycles. The van der Waals surface area contributed by atoms with Crippen molar-refractivity contribution in [3.63, 3.8) is 0 Å². The maximum Gasteiger partial charge on any atom is 0.0897 e. The minimum Gasteiger partial charge on any atom is -0.395 e. The Morgan fingerprint density at radius 1 is 1.44 bits per heavy atom. The molecule has 0 aliphatic rings. The molecule has 0 saturated carbocycles. The fourth-order valence-electron chi connectivity index (χ4n) is 1.58. The van der Waals surface area contributed by atoms with Gasteiger partial charge in [0.1, 0.15) is 0 Å². The highest BCUT2D eigenvalue weighted by Gasteiger charge is 2.25. The van der Waals surface area contributed by atoms with Crippen LogP contribution in [0.25, 0.3) is 0 Å². The maximum absolute atomic E-state index is 10.0. The molecule has 3 N–H and O–H groups in total. The van der Waals surface area contributed by atoms with E-state index in [1.165, 1.54) is 0 Å². The molecule has 104 valence electrons. The molecule has 5 heteroatoms. The average Bonchev–Trinajstić information content (AvgIpc) is 2.68. The second kappa shape index (κ2) is 6.61. The van der Waals surface area contributed by atoms with Gasteiger partial charge in [-0.15, -0.1) is 11.3 Å². The van der Waals surface area contributed by atoms with E-state index >= 15 is 0 Å². The van der Waals surface area contributed by atoms with Crippen LogP contribution in [0.4, 0.5) is 0 Å². The van der Waals surface area contributed by atoms with Crippen LogP contribution < -0.4 is 5.32 Å². The molecule has 2 atom stereocenters. The highest BCUT2D eigenvalue weighted by atomic mass is 32.1. The van der Waals surface area contributed by atoms with Crippen LogP contribution in [0.3, 0.4) is 0 Å². The van der Waals surface area contributed by atoms with Crippen LogP contribution in [0.5, 0.6) is 0 Å². The zero-order valence-electron chi connectivity index (χ0n) is 11.6. The normalized spacial score (nSPS) is 15.7. The first kappa shape index (κ1) is 15.6. The highest BCUT2D eigenvalue weighted by Crippen LogP contribution is 2.22. The summed E-state index contributed by atoms with van der Waals surface area (Å²) in [5, 5.41) is 23.7. The fraction of sp³-hybridized carbons (Fsp3) is 0.769. The number of thiazole rings is 1. The van der Waals surface area contributed by atoms with Crippen molar-refractivity contribution < 1.29 is 10.2 Å². The lowest BCUT2D eigenvalue weighted by Crippen LogP contribution is -2.39. The van der Waals surface area contributed by atoms with Gasteiger partial charge in [0, 0.05) is 23.7 Å². The van der Waals surface area contributed by atoms with Gasteiger partial charge in [0.05, 0.1) is 17.7 Å². The summed E-state index contributed by atoms with van der Waals surface area (Å²) in [7, 11) is 0. The summed E-state index contributed by atoms with van der Waals surface area (Å²) in [5.41, 5.74) is -0.157. The first-order valence-corrected chi connectivity index (χ1v) is 7.08. The minimum atomic E-state index is -0.426. The number of aromatic nitrogens is 1. The maximum atomic E-state index is 10.0. The van der Waals surface area contributed by atoms with Crippen molar-refractivity contribution in [2.45, 2.75) is 52.8 Å². The van der Waals surface area contributed by atoms with Crippen molar-refractivity contribution in [1.29, 1.82) is 0 Å². The van der Waals surface area contributed by atoms with E-state index in [9.17, 15) is 10.2 Å². The van der Waals surface area contributed by atoms with Gasteiger partial charge in [-0.25, -0.2) is 4.98 Å². The first-order chi connectivity index (χ1) is 8.32. The number of aliphatic hydroxyl groups excluding tert-OH is 2. The monoisotopic (exact) mass is 272 g/mol. The quantitative estimate of drug-likeness (QED) is 0.737.